The molecular formula is C27H22F6N2O5S. The van der Waals surface area contributed by atoms with Crippen molar-refractivity contribution in [2.75, 3.05) is 10.8 Å². The highest BCUT2D eigenvalue weighted by Gasteiger charge is 2.48. The quantitative estimate of drug-likeness (QED) is 0.330. The second kappa shape index (κ2) is 9.93. The van der Waals surface area contributed by atoms with Crippen molar-refractivity contribution in [3.05, 3.63) is 71.9 Å². The fourth-order valence-electron chi connectivity index (χ4n) is 5.06. The molecule has 1 atom stereocenters. The Bertz CT molecular complexity index is 1600. The average Bonchev–Trinajstić information content (AvgIpc) is 2.89. The third kappa shape index (κ3) is 5.44. The van der Waals surface area contributed by atoms with Crippen LogP contribution in [0.1, 0.15) is 36.9 Å². The maximum atomic E-state index is 13.8. The molecule has 0 bridgehead atoms. The number of fused-ring (bicyclic) bond motifs is 1. The molecule has 41 heavy (non-hydrogen) atoms. The number of halogens is 6. The summed E-state index contributed by atoms with van der Waals surface area (Å²) in [7, 11) is -4.68. The molecule has 5 rings (SSSR count). The van der Waals surface area contributed by atoms with Crippen LogP contribution < -0.4 is 9.04 Å². The van der Waals surface area contributed by atoms with Gasteiger partial charge in [0.15, 0.2) is 0 Å². The van der Waals surface area contributed by atoms with Crippen LogP contribution in [0, 0.1) is 5.41 Å². The van der Waals surface area contributed by atoms with E-state index in [2.05, 4.69) is 4.98 Å². The van der Waals surface area contributed by atoms with Gasteiger partial charge in [0.1, 0.15) is 17.5 Å². The molecule has 0 spiro atoms. The number of sulfonamides is 1. The molecular weight excluding hydrogens is 578 g/mol. The third-order valence-electron chi connectivity index (χ3n) is 7.36. The van der Waals surface area contributed by atoms with Crippen molar-refractivity contribution in [1.82, 2.24) is 4.98 Å². The minimum Gasteiger partial charge on any atom is -0.486 e. The second-order valence-corrected chi connectivity index (χ2v) is 11.9. The van der Waals surface area contributed by atoms with Crippen molar-refractivity contribution in [3.8, 4) is 17.0 Å². The summed E-state index contributed by atoms with van der Waals surface area (Å²) >= 11 is 0. The number of nitrogens with zero attached hydrogens (tertiary/aromatic N) is 2. The maximum absolute atomic E-state index is 13.8. The topological polar surface area (TPSA) is 96.8 Å². The molecule has 1 aliphatic heterocycles. The number of carboxylic acid groups (broad SMARTS) is 1. The van der Waals surface area contributed by atoms with E-state index in [1.165, 1.54) is 24.3 Å². The van der Waals surface area contributed by atoms with Crippen LogP contribution in [-0.2, 0) is 27.2 Å². The lowest BCUT2D eigenvalue weighted by Crippen LogP contribution is -2.49. The summed E-state index contributed by atoms with van der Waals surface area (Å²) in [6.07, 6.45) is -9.19. The highest BCUT2D eigenvalue weighted by molar-refractivity contribution is 7.92. The molecule has 0 radical (unpaired) electrons. The number of benzene rings is 2. The number of hydrogen-bond donors (Lipinski definition) is 1. The van der Waals surface area contributed by atoms with Crippen molar-refractivity contribution in [2.24, 2.45) is 5.41 Å². The van der Waals surface area contributed by atoms with E-state index < -0.39 is 62.6 Å². The molecule has 0 saturated heterocycles. The van der Waals surface area contributed by atoms with Gasteiger partial charge in [-0.05, 0) is 61.4 Å². The Labute approximate surface area is 230 Å². The van der Waals surface area contributed by atoms with Crippen molar-refractivity contribution in [1.29, 1.82) is 0 Å². The lowest BCUT2D eigenvalue weighted by molar-refractivity contribution is -0.157. The van der Waals surface area contributed by atoms with Crippen LogP contribution in [0.5, 0.6) is 5.75 Å². The van der Waals surface area contributed by atoms with Gasteiger partial charge in [-0.2, -0.15) is 26.3 Å². The first-order chi connectivity index (χ1) is 19.1. The number of carbonyl (C=O) groups is 1. The monoisotopic (exact) mass is 600 g/mol. The van der Waals surface area contributed by atoms with E-state index in [1.807, 2.05) is 0 Å². The van der Waals surface area contributed by atoms with Gasteiger partial charge < -0.3 is 9.84 Å². The summed E-state index contributed by atoms with van der Waals surface area (Å²) in [5.74, 6) is -1.08. The van der Waals surface area contributed by atoms with E-state index in [4.69, 9.17) is 4.74 Å². The van der Waals surface area contributed by atoms with Crippen molar-refractivity contribution in [3.63, 3.8) is 0 Å². The Kier molecular flexibility index (Phi) is 6.95. The van der Waals surface area contributed by atoms with E-state index in [0.29, 0.717) is 25.3 Å². The second-order valence-electron chi connectivity index (χ2n) is 10.0. The number of aliphatic carboxylic acids is 1. The van der Waals surface area contributed by atoms with Gasteiger partial charge in [0.25, 0.3) is 10.0 Å². The first kappa shape index (κ1) is 28.7. The molecule has 1 saturated carbocycles. The number of ether oxygens (including phenoxy) is 1. The standard InChI is InChI=1S/C27H22F6N2O5S/c28-26(29,30)17-4-1-5-19(13-17)41(38,39)35-15-18(14-25(24(36)37)10-3-11-25)40-22-9-8-16(12-21(22)35)20-6-2-7-23(34-20)27(31,32)33/h1-2,4-9,12-13,18H,3,10-11,14-15H2,(H,36,37)/t18-/m0/s1. The Morgan fingerprint density at radius 3 is 2.32 bits per heavy atom. The first-order valence-corrected chi connectivity index (χ1v) is 13.8. The van der Waals surface area contributed by atoms with Gasteiger partial charge in [-0.1, -0.05) is 18.6 Å². The van der Waals surface area contributed by atoms with Gasteiger partial charge in [-0.15, -0.1) is 0 Å². The number of pyridine rings is 1. The van der Waals surface area contributed by atoms with Gasteiger partial charge in [-0.25, -0.2) is 13.4 Å². The highest BCUT2D eigenvalue weighted by Crippen LogP contribution is 2.48. The van der Waals surface area contributed by atoms with Crippen LogP contribution in [-0.4, -0.2) is 37.1 Å². The number of anilines is 1. The fraction of sp³-hybridized carbons (Fsp3) is 0.333. The minimum atomic E-state index is -4.82. The lowest BCUT2D eigenvalue weighted by atomic mass is 9.65. The van der Waals surface area contributed by atoms with E-state index in [1.54, 1.807) is 0 Å². The van der Waals surface area contributed by atoms with Gasteiger partial charge in [0, 0.05) is 12.0 Å². The summed E-state index contributed by atoms with van der Waals surface area (Å²) in [5, 5.41) is 9.78. The van der Waals surface area contributed by atoms with E-state index in [9.17, 15) is 44.7 Å². The van der Waals surface area contributed by atoms with Crippen LogP contribution in [0.15, 0.2) is 65.6 Å². The van der Waals surface area contributed by atoms with E-state index in [0.717, 1.165) is 34.6 Å². The summed E-state index contributed by atoms with van der Waals surface area (Å²) in [6.45, 7) is -0.430. The van der Waals surface area contributed by atoms with Crippen LogP contribution in [0.2, 0.25) is 0 Å². The van der Waals surface area contributed by atoms with Gasteiger partial charge >= 0.3 is 18.3 Å². The minimum absolute atomic E-state index is 0.0209. The summed E-state index contributed by atoms with van der Waals surface area (Å²) in [6, 6.07) is 10.3. The molecule has 3 aromatic rings. The zero-order valence-corrected chi connectivity index (χ0v) is 21.9. The summed E-state index contributed by atoms with van der Waals surface area (Å²) < 4.78 is 114. The van der Waals surface area contributed by atoms with Gasteiger partial charge in [-0.3, -0.25) is 9.10 Å². The third-order valence-corrected chi connectivity index (χ3v) is 9.13. The molecule has 14 heteroatoms. The molecule has 218 valence electrons. The van der Waals surface area contributed by atoms with Gasteiger partial charge in [0.05, 0.1) is 33.8 Å². The Balaban J connectivity index is 1.60. The van der Waals surface area contributed by atoms with Crippen LogP contribution in [0.4, 0.5) is 32.0 Å². The first-order valence-electron chi connectivity index (χ1n) is 12.4. The Morgan fingerprint density at radius 2 is 1.71 bits per heavy atom. The normalized spacial score (nSPS) is 18.7. The molecule has 0 unspecified atom stereocenters. The maximum Gasteiger partial charge on any atom is 0.433 e. The summed E-state index contributed by atoms with van der Waals surface area (Å²) in [5.41, 5.74) is -3.65. The Hall–Kier alpha value is -3.81. The van der Waals surface area contributed by atoms with Crippen molar-refractivity contribution in [2.45, 2.75) is 49.0 Å². The number of carboxylic acids is 1. The summed E-state index contributed by atoms with van der Waals surface area (Å²) in [4.78, 5) is 14.9. The largest absolute Gasteiger partial charge is 0.486 e. The van der Waals surface area contributed by atoms with Crippen LogP contribution >= 0.6 is 0 Å². The molecule has 2 heterocycles. The lowest BCUT2D eigenvalue weighted by Gasteiger charge is -2.43. The predicted octanol–water partition coefficient (Wildman–Crippen LogP) is 6.39. The molecule has 2 aliphatic rings. The molecule has 1 fully saturated rings. The zero-order chi connectivity index (χ0) is 29.8. The van der Waals surface area contributed by atoms with E-state index >= 15 is 0 Å². The van der Waals surface area contributed by atoms with Crippen LogP contribution in [0.25, 0.3) is 11.3 Å². The smallest absolute Gasteiger partial charge is 0.433 e. The molecule has 1 aliphatic carbocycles. The number of rotatable bonds is 6. The Morgan fingerprint density at radius 1 is 1.00 bits per heavy atom. The number of alkyl halides is 6. The van der Waals surface area contributed by atoms with E-state index in [-0.39, 0.29) is 29.1 Å². The molecule has 0 amide bonds. The number of aromatic nitrogens is 1. The van der Waals surface area contributed by atoms with Crippen molar-refractivity contribution >= 4 is 21.7 Å². The fourth-order valence-corrected chi connectivity index (χ4v) is 6.61. The van der Waals surface area contributed by atoms with Gasteiger partial charge in [0.2, 0.25) is 0 Å². The zero-order valence-electron chi connectivity index (χ0n) is 21.0. The highest BCUT2D eigenvalue weighted by atomic mass is 32.2. The molecule has 1 N–H and O–H groups in total. The van der Waals surface area contributed by atoms with Crippen LogP contribution in [0.3, 0.4) is 0 Å². The molecule has 2 aromatic carbocycles. The average molecular weight is 601 g/mol. The number of hydrogen-bond acceptors (Lipinski definition) is 5. The predicted molar refractivity (Wildman–Crippen MR) is 134 cm³/mol. The molecule has 1 aromatic heterocycles. The SMILES string of the molecule is O=C(O)C1(C[C@H]2CN(S(=O)(=O)c3cccc(C(F)(F)F)c3)c3cc(-c4cccc(C(F)(F)F)n4)ccc3O2)CCC1. The van der Waals surface area contributed by atoms with Crippen molar-refractivity contribution < 1.29 is 49.4 Å². The molecule has 7 nitrogen and oxygen atoms in total.